The summed E-state index contributed by atoms with van der Waals surface area (Å²) in [4.78, 5) is 22.4. The zero-order valence-electron chi connectivity index (χ0n) is 14.8. The molecule has 8 heteroatoms. The van der Waals surface area contributed by atoms with E-state index < -0.39 is 0 Å². The Morgan fingerprint density at radius 3 is 3.00 bits per heavy atom. The topological polar surface area (TPSA) is 83.0 Å². The molecule has 1 amide bonds. The number of carbonyl (C=O) groups excluding carboxylic acids is 1. The lowest BCUT2D eigenvalue weighted by atomic mass is 10.2. The molecule has 0 N–H and O–H groups in total. The summed E-state index contributed by atoms with van der Waals surface area (Å²) >= 11 is 0. The molecule has 2 aliphatic rings. The first kappa shape index (κ1) is 17.1. The van der Waals surface area contributed by atoms with Gasteiger partial charge >= 0.3 is 0 Å². The number of methoxy groups -OCH3 is 1. The van der Waals surface area contributed by atoms with Gasteiger partial charge in [0.1, 0.15) is 6.10 Å². The van der Waals surface area contributed by atoms with Crippen LogP contribution in [0.1, 0.15) is 12.0 Å². The maximum atomic E-state index is 12.4. The van der Waals surface area contributed by atoms with Gasteiger partial charge in [-0.25, -0.2) is 0 Å². The fourth-order valence-electron chi connectivity index (χ4n) is 2.97. The van der Waals surface area contributed by atoms with Gasteiger partial charge in [-0.3, -0.25) is 9.78 Å². The summed E-state index contributed by atoms with van der Waals surface area (Å²) in [6.45, 7) is 1.36. The molecule has 1 atom stereocenters. The van der Waals surface area contributed by atoms with Gasteiger partial charge in [0.2, 0.25) is 24.5 Å². The standard InChI is InChI=1S/C19H19N3O5/c1-24-17-9-20-10-18(21-17)27-14-6-7-22(11-14)19(23)5-3-13-2-4-15-16(8-13)26-12-25-15/h2-5,8-10,14H,6-7,11-12H2,1H3/b5-3+. The summed E-state index contributed by atoms with van der Waals surface area (Å²) in [6, 6.07) is 5.57. The Bertz CT molecular complexity index is 870. The monoisotopic (exact) mass is 369 g/mol. The van der Waals surface area contributed by atoms with Crippen molar-refractivity contribution in [1.82, 2.24) is 14.9 Å². The van der Waals surface area contributed by atoms with Crippen LogP contribution >= 0.6 is 0 Å². The van der Waals surface area contributed by atoms with Gasteiger partial charge in [-0.15, -0.1) is 0 Å². The Morgan fingerprint density at radius 2 is 2.11 bits per heavy atom. The molecule has 1 saturated heterocycles. The van der Waals surface area contributed by atoms with Crippen LogP contribution in [0, 0.1) is 0 Å². The number of rotatable bonds is 5. The van der Waals surface area contributed by atoms with Crippen LogP contribution in [0.15, 0.2) is 36.7 Å². The lowest BCUT2D eigenvalue weighted by molar-refractivity contribution is -0.125. The second kappa shape index (κ2) is 7.53. The highest BCUT2D eigenvalue weighted by Crippen LogP contribution is 2.32. The predicted molar refractivity (Wildman–Crippen MR) is 95.8 cm³/mol. The minimum atomic E-state index is -0.116. The minimum Gasteiger partial charge on any atom is -0.480 e. The van der Waals surface area contributed by atoms with E-state index in [0.717, 1.165) is 17.7 Å². The first-order chi connectivity index (χ1) is 13.2. The zero-order valence-corrected chi connectivity index (χ0v) is 14.8. The van der Waals surface area contributed by atoms with Crippen molar-refractivity contribution in [1.29, 1.82) is 0 Å². The number of carbonyl (C=O) groups is 1. The van der Waals surface area contributed by atoms with E-state index in [1.807, 2.05) is 18.2 Å². The first-order valence-electron chi connectivity index (χ1n) is 8.60. The van der Waals surface area contributed by atoms with Gasteiger partial charge in [-0.2, -0.15) is 4.98 Å². The maximum Gasteiger partial charge on any atom is 0.246 e. The molecule has 0 saturated carbocycles. The molecule has 8 nitrogen and oxygen atoms in total. The molecule has 2 aromatic rings. The van der Waals surface area contributed by atoms with Crippen LogP contribution in [-0.2, 0) is 4.79 Å². The van der Waals surface area contributed by atoms with E-state index in [-0.39, 0.29) is 18.8 Å². The highest BCUT2D eigenvalue weighted by atomic mass is 16.7. The van der Waals surface area contributed by atoms with Crippen molar-refractivity contribution in [2.75, 3.05) is 27.0 Å². The summed E-state index contributed by atoms with van der Waals surface area (Å²) in [5.74, 6) is 2.14. The van der Waals surface area contributed by atoms with Gasteiger partial charge in [0.15, 0.2) is 11.5 Å². The zero-order chi connectivity index (χ0) is 18.6. The van der Waals surface area contributed by atoms with Crippen molar-refractivity contribution < 1.29 is 23.7 Å². The van der Waals surface area contributed by atoms with Gasteiger partial charge in [0.05, 0.1) is 26.0 Å². The summed E-state index contributed by atoms with van der Waals surface area (Å²) < 4.78 is 21.5. The normalized spacial score (nSPS) is 18.1. The fraction of sp³-hybridized carbons (Fsp3) is 0.316. The molecular weight excluding hydrogens is 350 g/mol. The molecule has 3 heterocycles. The number of ether oxygens (including phenoxy) is 4. The SMILES string of the molecule is COc1cncc(OC2CCN(C(=O)/C=C/c3ccc4c(c3)OCO4)C2)n1. The van der Waals surface area contributed by atoms with Crippen molar-refractivity contribution in [3.05, 3.63) is 42.2 Å². The molecule has 0 radical (unpaired) electrons. The molecule has 4 rings (SSSR count). The number of benzene rings is 1. The van der Waals surface area contributed by atoms with Gasteiger partial charge in [0, 0.05) is 19.0 Å². The molecule has 0 spiro atoms. The third-order valence-corrected chi connectivity index (χ3v) is 4.36. The van der Waals surface area contributed by atoms with E-state index >= 15 is 0 Å². The molecule has 0 bridgehead atoms. The Kier molecular flexibility index (Phi) is 4.78. The molecule has 1 aromatic carbocycles. The predicted octanol–water partition coefficient (Wildman–Crippen LogP) is 1.91. The van der Waals surface area contributed by atoms with E-state index in [9.17, 15) is 4.79 Å². The molecule has 2 aliphatic heterocycles. The van der Waals surface area contributed by atoms with Crippen LogP contribution in [0.2, 0.25) is 0 Å². The van der Waals surface area contributed by atoms with E-state index in [0.29, 0.717) is 30.6 Å². The second-order valence-corrected chi connectivity index (χ2v) is 6.16. The van der Waals surface area contributed by atoms with Gasteiger partial charge in [0.25, 0.3) is 0 Å². The number of hydrogen-bond donors (Lipinski definition) is 0. The molecular formula is C19H19N3O5. The highest BCUT2D eigenvalue weighted by molar-refractivity contribution is 5.92. The van der Waals surface area contributed by atoms with Gasteiger partial charge < -0.3 is 23.8 Å². The number of aromatic nitrogens is 2. The quantitative estimate of drug-likeness (QED) is 0.745. The number of hydrogen-bond acceptors (Lipinski definition) is 7. The summed E-state index contributed by atoms with van der Waals surface area (Å²) in [5.41, 5.74) is 0.881. The smallest absolute Gasteiger partial charge is 0.246 e. The highest BCUT2D eigenvalue weighted by Gasteiger charge is 2.27. The van der Waals surface area contributed by atoms with Crippen LogP contribution in [0.5, 0.6) is 23.3 Å². The molecule has 1 fully saturated rings. The largest absolute Gasteiger partial charge is 0.480 e. The van der Waals surface area contributed by atoms with Crippen LogP contribution in [-0.4, -0.2) is 53.9 Å². The second-order valence-electron chi connectivity index (χ2n) is 6.16. The van der Waals surface area contributed by atoms with E-state index in [4.69, 9.17) is 18.9 Å². The summed E-state index contributed by atoms with van der Waals surface area (Å²) in [6.07, 6.45) is 7.00. The number of nitrogens with zero attached hydrogens (tertiary/aromatic N) is 3. The number of likely N-dealkylation sites (tertiary alicyclic amines) is 1. The lowest BCUT2D eigenvalue weighted by Crippen LogP contribution is -2.29. The van der Waals surface area contributed by atoms with E-state index in [1.165, 1.54) is 19.5 Å². The molecule has 1 aromatic heterocycles. The van der Waals surface area contributed by atoms with E-state index in [1.54, 1.807) is 17.1 Å². The first-order valence-corrected chi connectivity index (χ1v) is 8.60. The van der Waals surface area contributed by atoms with Crippen LogP contribution in [0.25, 0.3) is 6.08 Å². The van der Waals surface area contributed by atoms with Gasteiger partial charge in [-0.1, -0.05) is 6.07 Å². The Morgan fingerprint density at radius 1 is 1.26 bits per heavy atom. The Labute approximate surface area is 156 Å². The minimum absolute atomic E-state index is 0.0597. The maximum absolute atomic E-state index is 12.4. The third kappa shape index (κ3) is 3.94. The van der Waals surface area contributed by atoms with Crippen molar-refractivity contribution in [3.63, 3.8) is 0 Å². The average Bonchev–Trinajstić information content (AvgIpc) is 3.35. The Hall–Kier alpha value is -3.29. The molecule has 27 heavy (non-hydrogen) atoms. The lowest BCUT2D eigenvalue weighted by Gasteiger charge is -2.15. The van der Waals surface area contributed by atoms with E-state index in [2.05, 4.69) is 9.97 Å². The van der Waals surface area contributed by atoms with Crippen molar-refractivity contribution in [3.8, 4) is 23.3 Å². The molecule has 0 aliphatic carbocycles. The fourth-order valence-corrected chi connectivity index (χ4v) is 2.97. The van der Waals surface area contributed by atoms with Crippen molar-refractivity contribution >= 4 is 12.0 Å². The van der Waals surface area contributed by atoms with Crippen molar-refractivity contribution in [2.24, 2.45) is 0 Å². The number of amides is 1. The molecule has 1 unspecified atom stereocenters. The van der Waals surface area contributed by atoms with Crippen molar-refractivity contribution in [2.45, 2.75) is 12.5 Å². The van der Waals surface area contributed by atoms with Crippen LogP contribution in [0.3, 0.4) is 0 Å². The summed E-state index contributed by atoms with van der Waals surface area (Å²) in [7, 11) is 1.52. The molecule has 140 valence electrons. The summed E-state index contributed by atoms with van der Waals surface area (Å²) in [5, 5.41) is 0. The van der Waals surface area contributed by atoms with Crippen LogP contribution in [0.4, 0.5) is 0 Å². The third-order valence-electron chi connectivity index (χ3n) is 4.36. The van der Waals surface area contributed by atoms with Gasteiger partial charge in [-0.05, 0) is 23.8 Å². The van der Waals surface area contributed by atoms with Crippen LogP contribution < -0.4 is 18.9 Å². The number of fused-ring (bicyclic) bond motifs is 1. The Balaban J connectivity index is 1.33. The average molecular weight is 369 g/mol.